The summed E-state index contributed by atoms with van der Waals surface area (Å²) >= 11 is 0. The van der Waals surface area contributed by atoms with Gasteiger partial charge in [-0.3, -0.25) is 14.8 Å². The first kappa shape index (κ1) is 14.1. The van der Waals surface area contributed by atoms with Crippen molar-refractivity contribution in [2.75, 3.05) is 0 Å². The van der Waals surface area contributed by atoms with Gasteiger partial charge in [0.1, 0.15) is 0 Å². The number of nitrogens with one attached hydrogen (secondary N) is 1. The maximum Gasteiger partial charge on any atom is 0.224 e. The van der Waals surface area contributed by atoms with E-state index in [0.29, 0.717) is 19.5 Å². The number of hydrogen-bond donors (Lipinski definition) is 2. The molecule has 1 aromatic heterocycles. The molecule has 20 heavy (non-hydrogen) atoms. The maximum absolute atomic E-state index is 11.8. The van der Waals surface area contributed by atoms with Crippen molar-refractivity contribution in [2.45, 2.75) is 26.4 Å². The van der Waals surface area contributed by atoms with E-state index in [1.54, 1.807) is 12.4 Å². The summed E-state index contributed by atoms with van der Waals surface area (Å²) < 4.78 is 0. The van der Waals surface area contributed by atoms with E-state index in [0.717, 1.165) is 22.5 Å². The number of amides is 1. The van der Waals surface area contributed by atoms with E-state index in [1.807, 2.05) is 31.2 Å². The van der Waals surface area contributed by atoms with E-state index in [2.05, 4.69) is 15.3 Å². The first-order valence-electron chi connectivity index (χ1n) is 6.49. The fourth-order valence-corrected chi connectivity index (χ4v) is 1.74. The zero-order valence-corrected chi connectivity index (χ0v) is 11.5. The first-order valence-corrected chi connectivity index (χ1v) is 6.49. The number of nitrogens with two attached hydrogens (primary N) is 1. The maximum atomic E-state index is 11.8. The molecule has 0 radical (unpaired) electrons. The monoisotopic (exact) mass is 270 g/mol. The quantitative estimate of drug-likeness (QED) is 0.852. The molecule has 1 heterocycles. The highest BCUT2D eigenvalue weighted by atomic mass is 16.1. The van der Waals surface area contributed by atoms with E-state index in [4.69, 9.17) is 5.73 Å². The molecule has 2 aromatic rings. The molecule has 0 aliphatic rings. The molecule has 5 nitrogen and oxygen atoms in total. The van der Waals surface area contributed by atoms with E-state index in [9.17, 15) is 4.79 Å². The number of benzene rings is 1. The van der Waals surface area contributed by atoms with Crippen LogP contribution in [0.2, 0.25) is 0 Å². The van der Waals surface area contributed by atoms with E-state index >= 15 is 0 Å². The van der Waals surface area contributed by atoms with Gasteiger partial charge < -0.3 is 11.1 Å². The van der Waals surface area contributed by atoms with Gasteiger partial charge in [-0.05, 0) is 18.1 Å². The zero-order valence-electron chi connectivity index (χ0n) is 11.5. The normalized spacial score (nSPS) is 10.3. The summed E-state index contributed by atoms with van der Waals surface area (Å²) in [6.07, 6.45) is 3.71. The number of carbonyl (C=O) groups is 1. The van der Waals surface area contributed by atoms with Gasteiger partial charge in [-0.1, -0.05) is 24.3 Å². The van der Waals surface area contributed by atoms with Crippen LogP contribution < -0.4 is 11.1 Å². The van der Waals surface area contributed by atoms with E-state index in [1.165, 1.54) is 0 Å². The number of rotatable bonds is 5. The van der Waals surface area contributed by atoms with E-state index in [-0.39, 0.29) is 5.91 Å². The fourth-order valence-electron chi connectivity index (χ4n) is 1.74. The van der Waals surface area contributed by atoms with Crippen LogP contribution in [-0.4, -0.2) is 15.9 Å². The lowest BCUT2D eigenvalue weighted by molar-refractivity contribution is -0.120. The van der Waals surface area contributed by atoms with Crippen LogP contribution in [0.1, 0.15) is 22.5 Å². The number of nitrogens with zero attached hydrogens (tertiary/aromatic N) is 2. The molecule has 0 bridgehead atoms. The van der Waals surface area contributed by atoms with Gasteiger partial charge in [-0.2, -0.15) is 0 Å². The van der Waals surface area contributed by atoms with Crippen LogP contribution in [0.15, 0.2) is 36.7 Å². The third-order valence-corrected chi connectivity index (χ3v) is 2.92. The van der Waals surface area contributed by atoms with Gasteiger partial charge in [0.05, 0.1) is 30.6 Å². The minimum atomic E-state index is -0.0344. The van der Waals surface area contributed by atoms with Gasteiger partial charge in [-0.15, -0.1) is 0 Å². The molecule has 0 aliphatic carbocycles. The Kier molecular flexibility index (Phi) is 4.79. The van der Waals surface area contributed by atoms with Crippen LogP contribution >= 0.6 is 0 Å². The van der Waals surface area contributed by atoms with Crippen molar-refractivity contribution >= 4 is 5.91 Å². The second kappa shape index (κ2) is 6.77. The number of carbonyl (C=O) groups excluding carboxylic acids is 1. The Morgan fingerprint density at radius 2 is 1.85 bits per heavy atom. The van der Waals surface area contributed by atoms with Gasteiger partial charge in [0.25, 0.3) is 0 Å². The van der Waals surface area contributed by atoms with Crippen molar-refractivity contribution in [3.05, 3.63) is 59.2 Å². The lowest BCUT2D eigenvalue weighted by atomic mass is 10.1. The highest BCUT2D eigenvalue weighted by Crippen LogP contribution is 2.04. The van der Waals surface area contributed by atoms with Crippen LogP contribution in [0.5, 0.6) is 0 Å². The molecule has 0 unspecified atom stereocenters. The fraction of sp³-hybridized carbons (Fsp3) is 0.267. The molecule has 2 rings (SSSR count). The van der Waals surface area contributed by atoms with Gasteiger partial charge in [0.15, 0.2) is 0 Å². The predicted octanol–water partition coefficient (Wildman–Crippen LogP) is 1.10. The molecule has 3 N–H and O–H groups in total. The van der Waals surface area contributed by atoms with Crippen LogP contribution in [0.25, 0.3) is 0 Å². The summed E-state index contributed by atoms with van der Waals surface area (Å²) in [5, 5.41) is 2.83. The van der Waals surface area contributed by atoms with E-state index < -0.39 is 0 Å². The molecule has 104 valence electrons. The molecule has 5 heteroatoms. The molecule has 0 atom stereocenters. The Morgan fingerprint density at radius 1 is 1.15 bits per heavy atom. The average Bonchev–Trinajstić information content (AvgIpc) is 2.47. The van der Waals surface area contributed by atoms with Gasteiger partial charge in [-0.25, -0.2) is 0 Å². The van der Waals surface area contributed by atoms with Gasteiger partial charge >= 0.3 is 0 Å². The smallest absolute Gasteiger partial charge is 0.224 e. The Morgan fingerprint density at radius 3 is 2.45 bits per heavy atom. The van der Waals surface area contributed by atoms with Crippen molar-refractivity contribution in [3.63, 3.8) is 0 Å². The molecule has 0 saturated carbocycles. The second-order valence-electron chi connectivity index (χ2n) is 4.62. The minimum Gasteiger partial charge on any atom is -0.350 e. The third-order valence-electron chi connectivity index (χ3n) is 2.92. The van der Waals surface area contributed by atoms with Gasteiger partial charge in [0.2, 0.25) is 5.91 Å². The third kappa shape index (κ3) is 4.13. The molecule has 0 saturated heterocycles. The highest BCUT2D eigenvalue weighted by Gasteiger charge is 2.04. The summed E-state index contributed by atoms with van der Waals surface area (Å²) in [5.74, 6) is -0.0344. The summed E-state index contributed by atoms with van der Waals surface area (Å²) in [4.78, 5) is 20.1. The lowest BCUT2D eigenvalue weighted by Gasteiger charge is -2.05. The Hall–Kier alpha value is -2.27. The molecule has 1 amide bonds. The lowest BCUT2D eigenvalue weighted by Crippen LogP contribution is -2.25. The summed E-state index contributed by atoms with van der Waals surface area (Å²) in [5.41, 5.74) is 9.17. The average molecular weight is 270 g/mol. The topological polar surface area (TPSA) is 80.9 Å². The largest absolute Gasteiger partial charge is 0.350 e. The van der Waals surface area contributed by atoms with Crippen LogP contribution in [0, 0.1) is 6.92 Å². The van der Waals surface area contributed by atoms with Gasteiger partial charge in [0, 0.05) is 12.7 Å². The molecule has 0 fully saturated rings. The Labute approximate surface area is 118 Å². The molecular weight excluding hydrogens is 252 g/mol. The van der Waals surface area contributed by atoms with Crippen LogP contribution in [-0.2, 0) is 24.3 Å². The van der Waals surface area contributed by atoms with Crippen molar-refractivity contribution < 1.29 is 4.79 Å². The Bertz CT molecular complexity index is 563. The van der Waals surface area contributed by atoms with Crippen LogP contribution in [0.3, 0.4) is 0 Å². The molecule has 0 spiro atoms. The zero-order chi connectivity index (χ0) is 14.4. The molecule has 1 aromatic carbocycles. The highest BCUT2D eigenvalue weighted by molar-refractivity contribution is 5.78. The van der Waals surface area contributed by atoms with Crippen LogP contribution in [0.4, 0.5) is 0 Å². The van der Waals surface area contributed by atoms with Crippen molar-refractivity contribution in [2.24, 2.45) is 5.73 Å². The standard InChI is InChI=1S/C15H18N4O/c1-11-8-18-14(9-17-11)10-19-15(20)6-12-2-4-13(7-16)5-3-12/h2-5,8-9H,6-7,10,16H2,1H3,(H,19,20). The summed E-state index contributed by atoms with van der Waals surface area (Å²) in [6, 6.07) is 7.73. The molecule has 0 aliphatic heterocycles. The molecular formula is C15H18N4O. The minimum absolute atomic E-state index is 0.0344. The first-order chi connectivity index (χ1) is 9.67. The second-order valence-corrected chi connectivity index (χ2v) is 4.62. The number of hydrogen-bond acceptors (Lipinski definition) is 4. The van der Waals surface area contributed by atoms with Crippen molar-refractivity contribution in [1.29, 1.82) is 0 Å². The Balaban J connectivity index is 1.84. The van der Waals surface area contributed by atoms with Crippen molar-refractivity contribution in [1.82, 2.24) is 15.3 Å². The predicted molar refractivity (Wildman–Crippen MR) is 76.7 cm³/mol. The summed E-state index contributed by atoms with van der Waals surface area (Å²) in [7, 11) is 0. The number of aromatic nitrogens is 2. The summed E-state index contributed by atoms with van der Waals surface area (Å²) in [6.45, 7) is 2.78. The SMILES string of the molecule is Cc1cnc(CNC(=O)Cc2ccc(CN)cc2)cn1. The van der Waals surface area contributed by atoms with Crippen molar-refractivity contribution in [3.8, 4) is 0 Å². The number of aryl methyl sites for hydroxylation is 1.